The largest absolute Gasteiger partial charge is 0.355 e. The Morgan fingerprint density at radius 2 is 1.77 bits per heavy atom. The SMILES string of the molecule is O=C(NCCSCc1c(Cl)cccc1Cl)C1CCCN(S(=O)(=O)c2ccc(Cl)cc2)C1. The maximum Gasteiger partial charge on any atom is 0.243 e. The number of nitrogens with one attached hydrogen (secondary N) is 1. The average Bonchev–Trinajstić information content (AvgIpc) is 2.75. The molecule has 1 heterocycles. The Kier molecular flexibility index (Phi) is 8.96. The average molecular weight is 522 g/mol. The first-order chi connectivity index (χ1) is 14.8. The molecule has 1 N–H and O–H groups in total. The molecule has 0 bridgehead atoms. The molecule has 10 heteroatoms. The van der Waals surface area contributed by atoms with Gasteiger partial charge < -0.3 is 5.32 Å². The van der Waals surface area contributed by atoms with Gasteiger partial charge in [-0.1, -0.05) is 40.9 Å². The van der Waals surface area contributed by atoms with Crippen LogP contribution in [-0.4, -0.2) is 44.0 Å². The number of hydrogen-bond acceptors (Lipinski definition) is 4. The van der Waals surface area contributed by atoms with Crippen LogP contribution < -0.4 is 5.32 Å². The second-order valence-electron chi connectivity index (χ2n) is 7.20. The van der Waals surface area contributed by atoms with Crippen LogP contribution in [0.3, 0.4) is 0 Å². The molecule has 0 radical (unpaired) electrons. The fourth-order valence-electron chi connectivity index (χ4n) is 3.37. The van der Waals surface area contributed by atoms with Crippen LogP contribution in [0.15, 0.2) is 47.4 Å². The van der Waals surface area contributed by atoms with E-state index >= 15 is 0 Å². The van der Waals surface area contributed by atoms with Gasteiger partial charge in [0.05, 0.1) is 10.8 Å². The predicted octanol–water partition coefficient (Wildman–Crippen LogP) is 5.10. The Labute approximate surface area is 202 Å². The number of thioether (sulfide) groups is 1. The lowest BCUT2D eigenvalue weighted by Crippen LogP contribution is -2.45. The van der Waals surface area contributed by atoms with E-state index in [2.05, 4.69) is 5.32 Å². The van der Waals surface area contributed by atoms with Crippen LogP contribution in [0.5, 0.6) is 0 Å². The summed E-state index contributed by atoms with van der Waals surface area (Å²) >= 11 is 19.8. The molecule has 2 aromatic rings. The molecule has 1 fully saturated rings. The minimum absolute atomic E-state index is 0.118. The van der Waals surface area contributed by atoms with Gasteiger partial charge in [-0.05, 0) is 54.8 Å². The van der Waals surface area contributed by atoms with Crippen molar-refractivity contribution in [2.45, 2.75) is 23.5 Å². The lowest BCUT2D eigenvalue weighted by molar-refractivity contribution is -0.125. The molecule has 0 saturated carbocycles. The number of carbonyl (C=O) groups excluding carboxylic acids is 1. The summed E-state index contributed by atoms with van der Waals surface area (Å²) in [7, 11) is -3.65. The lowest BCUT2D eigenvalue weighted by Gasteiger charge is -2.31. The molecule has 31 heavy (non-hydrogen) atoms. The summed E-state index contributed by atoms with van der Waals surface area (Å²) in [6.45, 7) is 1.08. The highest BCUT2D eigenvalue weighted by Crippen LogP contribution is 2.28. The van der Waals surface area contributed by atoms with Crippen LogP contribution in [0.4, 0.5) is 0 Å². The van der Waals surface area contributed by atoms with Crippen molar-refractivity contribution in [2.75, 3.05) is 25.4 Å². The lowest BCUT2D eigenvalue weighted by atomic mass is 9.99. The standard InChI is InChI=1S/C21H23Cl3N2O3S2/c22-16-6-8-17(9-7-16)31(28,29)26-11-2-3-15(13-26)21(27)25-10-12-30-14-18-19(23)4-1-5-20(18)24/h1,4-9,15H,2-3,10-14H2,(H,25,27). The van der Waals surface area contributed by atoms with Crippen LogP contribution in [0.1, 0.15) is 18.4 Å². The van der Waals surface area contributed by atoms with E-state index in [1.807, 2.05) is 0 Å². The van der Waals surface area contributed by atoms with Crippen molar-refractivity contribution in [1.82, 2.24) is 9.62 Å². The molecule has 1 aliphatic rings. The fourth-order valence-corrected chi connectivity index (χ4v) is 6.61. The minimum Gasteiger partial charge on any atom is -0.355 e. The number of sulfonamides is 1. The molecule has 0 spiro atoms. The number of halogens is 3. The second kappa shape index (κ2) is 11.3. The quantitative estimate of drug-likeness (QED) is 0.491. The van der Waals surface area contributed by atoms with E-state index in [4.69, 9.17) is 34.8 Å². The number of hydrogen-bond donors (Lipinski definition) is 1. The third-order valence-electron chi connectivity index (χ3n) is 5.06. The predicted molar refractivity (Wildman–Crippen MR) is 129 cm³/mol. The van der Waals surface area contributed by atoms with E-state index in [1.54, 1.807) is 42.1 Å². The van der Waals surface area contributed by atoms with Gasteiger partial charge in [0.2, 0.25) is 15.9 Å². The zero-order valence-electron chi connectivity index (χ0n) is 16.7. The van der Waals surface area contributed by atoms with E-state index in [0.29, 0.717) is 52.5 Å². The Hall–Kier alpha value is -0.960. The zero-order valence-corrected chi connectivity index (χ0v) is 20.6. The first kappa shape index (κ1) is 24.7. The van der Waals surface area contributed by atoms with Crippen LogP contribution in [0, 0.1) is 5.92 Å². The van der Waals surface area contributed by atoms with Gasteiger partial charge in [0.15, 0.2) is 0 Å². The molecular weight excluding hydrogens is 499 g/mol. The van der Waals surface area contributed by atoms with Gasteiger partial charge in [0.25, 0.3) is 0 Å². The number of rotatable bonds is 8. The molecule has 5 nitrogen and oxygen atoms in total. The summed E-state index contributed by atoms with van der Waals surface area (Å²) in [5, 5.41) is 4.66. The highest BCUT2D eigenvalue weighted by molar-refractivity contribution is 7.98. The van der Waals surface area contributed by atoms with Gasteiger partial charge in [-0.15, -0.1) is 0 Å². The minimum atomic E-state index is -3.65. The molecule has 3 rings (SSSR count). The maximum absolute atomic E-state index is 12.9. The summed E-state index contributed by atoms with van der Waals surface area (Å²) in [6, 6.07) is 11.5. The van der Waals surface area contributed by atoms with Crippen LogP contribution in [0.2, 0.25) is 15.1 Å². The van der Waals surface area contributed by atoms with Gasteiger partial charge in [-0.25, -0.2) is 8.42 Å². The number of amides is 1. The second-order valence-corrected chi connectivity index (χ2v) is 11.5. The van der Waals surface area contributed by atoms with Crippen LogP contribution in [0.25, 0.3) is 0 Å². The van der Waals surface area contributed by atoms with E-state index in [0.717, 1.165) is 5.56 Å². The molecular formula is C21H23Cl3N2O3S2. The van der Waals surface area contributed by atoms with E-state index in [9.17, 15) is 13.2 Å². The highest BCUT2D eigenvalue weighted by atomic mass is 35.5. The van der Waals surface area contributed by atoms with Crippen molar-refractivity contribution in [3.63, 3.8) is 0 Å². The molecule has 168 valence electrons. The zero-order chi connectivity index (χ0) is 22.4. The monoisotopic (exact) mass is 520 g/mol. The number of nitrogens with zero attached hydrogens (tertiary/aromatic N) is 1. The normalized spacial score (nSPS) is 17.5. The van der Waals surface area contributed by atoms with Crippen molar-refractivity contribution in [1.29, 1.82) is 0 Å². The summed E-state index contributed by atoms with van der Waals surface area (Å²) in [4.78, 5) is 12.8. The van der Waals surface area contributed by atoms with E-state index < -0.39 is 10.0 Å². The van der Waals surface area contributed by atoms with Crippen molar-refractivity contribution >= 4 is 62.5 Å². The molecule has 0 aromatic heterocycles. The van der Waals surface area contributed by atoms with Crippen LogP contribution in [-0.2, 0) is 20.6 Å². The summed E-state index contributed by atoms with van der Waals surface area (Å²) in [5.41, 5.74) is 0.887. The molecule has 2 aromatic carbocycles. The molecule has 1 amide bonds. The van der Waals surface area contributed by atoms with Gasteiger partial charge >= 0.3 is 0 Å². The number of benzene rings is 2. The first-order valence-corrected chi connectivity index (χ1v) is 13.6. The molecule has 1 saturated heterocycles. The van der Waals surface area contributed by atoms with Gasteiger partial charge in [-0.3, -0.25) is 4.79 Å². The van der Waals surface area contributed by atoms with Crippen molar-refractivity contribution < 1.29 is 13.2 Å². The van der Waals surface area contributed by atoms with Gasteiger partial charge in [0, 0.05) is 46.2 Å². The van der Waals surface area contributed by atoms with Crippen molar-refractivity contribution in [3.8, 4) is 0 Å². The number of piperidine rings is 1. The Morgan fingerprint density at radius 1 is 1.10 bits per heavy atom. The topological polar surface area (TPSA) is 66.5 Å². The summed E-state index contributed by atoms with van der Waals surface area (Å²) in [5.74, 6) is 0.878. The Bertz CT molecular complexity index is 997. The molecule has 1 aliphatic heterocycles. The third-order valence-corrected chi connectivity index (χ3v) is 8.89. The van der Waals surface area contributed by atoms with Gasteiger partial charge in [0.1, 0.15) is 0 Å². The Morgan fingerprint density at radius 3 is 2.45 bits per heavy atom. The smallest absolute Gasteiger partial charge is 0.243 e. The summed E-state index contributed by atoms with van der Waals surface area (Å²) < 4.78 is 27.2. The molecule has 1 atom stereocenters. The van der Waals surface area contributed by atoms with Crippen molar-refractivity contribution in [2.24, 2.45) is 5.92 Å². The number of carbonyl (C=O) groups is 1. The first-order valence-electron chi connectivity index (χ1n) is 9.83. The highest BCUT2D eigenvalue weighted by Gasteiger charge is 2.33. The van der Waals surface area contributed by atoms with Crippen LogP contribution >= 0.6 is 46.6 Å². The molecule has 0 aliphatic carbocycles. The third kappa shape index (κ3) is 6.53. The van der Waals surface area contributed by atoms with Gasteiger partial charge in [-0.2, -0.15) is 16.1 Å². The fraction of sp³-hybridized carbons (Fsp3) is 0.381. The van der Waals surface area contributed by atoms with E-state index in [1.165, 1.54) is 16.4 Å². The van der Waals surface area contributed by atoms with Crippen molar-refractivity contribution in [3.05, 3.63) is 63.1 Å². The Balaban J connectivity index is 1.48. The van der Waals surface area contributed by atoms with E-state index in [-0.39, 0.29) is 23.3 Å². The molecule has 1 unspecified atom stereocenters. The summed E-state index contributed by atoms with van der Waals surface area (Å²) in [6.07, 6.45) is 1.31. The maximum atomic E-state index is 12.9.